The molecule has 1 amide bonds. The van der Waals surface area contributed by atoms with Crippen LogP contribution in [0.1, 0.15) is 16.7 Å². The number of rotatable bonds is 5. The van der Waals surface area contributed by atoms with E-state index in [1.54, 1.807) is 0 Å². The second kappa shape index (κ2) is 6.57. The number of halogens is 1. The number of benzene rings is 2. The van der Waals surface area contributed by atoms with E-state index in [0.717, 1.165) is 32.6 Å². The standard InChI is InChI=1S/C16H16BrNO2/c1-11-7-15(8-12(2)16(11)18-10-19)20-9-13-3-5-14(17)6-4-13/h3-8,10H,9H2,1-2H3,(H,18,19). The van der Waals surface area contributed by atoms with Gasteiger partial charge in [0.25, 0.3) is 0 Å². The molecule has 4 heteroatoms. The number of anilines is 1. The molecule has 2 aromatic carbocycles. The molecule has 0 bridgehead atoms. The van der Waals surface area contributed by atoms with Gasteiger partial charge in [0.05, 0.1) is 0 Å². The van der Waals surface area contributed by atoms with Crippen molar-refractivity contribution in [3.05, 3.63) is 57.6 Å². The minimum Gasteiger partial charge on any atom is -0.489 e. The number of carbonyl (C=O) groups is 1. The Balaban J connectivity index is 2.10. The lowest BCUT2D eigenvalue weighted by molar-refractivity contribution is -0.105. The van der Waals surface area contributed by atoms with E-state index in [4.69, 9.17) is 4.74 Å². The zero-order valence-electron chi connectivity index (χ0n) is 11.4. The normalized spacial score (nSPS) is 10.2. The number of hydrogen-bond acceptors (Lipinski definition) is 2. The molecular formula is C16H16BrNO2. The molecule has 0 heterocycles. The predicted octanol–water partition coefficient (Wildman–Crippen LogP) is 4.21. The van der Waals surface area contributed by atoms with Crippen LogP contribution in [0.5, 0.6) is 5.75 Å². The molecule has 0 radical (unpaired) electrons. The van der Waals surface area contributed by atoms with Crippen molar-refractivity contribution in [2.75, 3.05) is 5.32 Å². The van der Waals surface area contributed by atoms with E-state index in [-0.39, 0.29) is 0 Å². The molecule has 0 fully saturated rings. The highest BCUT2D eigenvalue weighted by Gasteiger charge is 2.05. The van der Waals surface area contributed by atoms with E-state index in [2.05, 4.69) is 21.2 Å². The monoisotopic (exact) mass is 333 g/mol. The Morgan fingerprint density at radius 3 is 2.30 bits per heavy atom. The van der Waals surface area contributed by atoms with Gasteiger partial charge in [0.2, 0.25) is 6.41 Å². The average molecular weight is 334 g/mol. The smallest absolute Gasteiger partial charge is 0.211 e. The molecule has 0 spiro atoms. The summed E-state index contributed by atoms with van der Waals surface area (Å²) < 4.78 is 6.85. The molecule has 2 aromatic rings. The van der Waals surface area contributed by atoms with Gasteiger partial charge in [0, 0.05) is 10.2 Å². The van der Waals surface area contributed by atoms with E-state index in [9.17, 15) is 4.79 Å². The van der Waals surface area contributed by atoms with E-state index >= 15 is 0 Å². The molecule has 104 valence electrons. The van der Waals surface area contributed by atoms with Crippen LogP contribution in [0.25, 0.3) is 0 Å². The zero-order valence-corrected chi connectivity index (χ0v) is 13.0. The summed E-state index contributed by atoms with van der Waals surface area (Å²) in [5.41, 5.74) is 3.93. The summed E-state index contributed by atoms with van der Waals surface area (Å²) in [6.45, 7) is 4.42. The topological polar surface area (TPSA) is 38.3 Å². The minimum atomic E-state index is 0.520. The largest absolute Gasteiger partial charge is 0.489 e. The SMILES string of the molecule is Cc1cc(OCc2ccc(Br)cc2)cc(C)c1NC=O. The maximum atomic E-state index is 10.6. The summed E-state index contributed by atoms with van der Waals surface area (Å²) in [6, 6.07) is 11.9. The van der Waals surface area contributed by atoms with Crippen molar-refractivity contribution in [3.8, 4) is 5.75 Å². The quantitative estimate of drug-likeness (QED) is 0.832. The third-order valence-corrected chi connectivity index (χ3v) is 3.56. The summed E-state index contributed by atoms with van der Waals surface area (Å²) in [6.07, 6.45) is 0.692. The molecule has 0 unspecified atom stereocenters. The van der Waals surface area contributed by atoms with Gasteiger partial charge in [0.1, 0.15) is 12.4 Å². The van der Waals surface area contributed by atoms with E-state index in [0.29, 0.717) is 13.0 Å². The first-order chi connectivity index (χ1) is 9.60. The highest BCUT2D eigenvalue weighted by molar-refractivity contribution is 9.10. The predicted molar refractivity (Wildman–Crippen MR) is 84.1 cm³/mol. The molecule has 0 saturated carbocycles. The molecule has 0 aliphatic rings. The molecule has 20 heavy (non-hydrogen) atoms. The van der Waals surface area contributed by atoms with Crippen LogP contribution < -0.4 is 10.1 Å². The minimum absolute atomic E-state index is 0.520. The molecule has 3 nitrogen and oxygen atoms in total. The van der Waals surface area contributed by atoms with E-state index < -0.39 is 0 Å². The number of ether oxygens (including phenoxy) is 1. The maximum Gasteiger partial charge on any atom is 0.211 e. The Kier molecular flexibility index (Phi) is 4.79. The van der Waals surface area contributed by atoms with Gasteiger partial charge in [-0.05, 0) is 54.8 Å². The third kappa shape index (κ3) is 3.61. The van der Waals surface area contributed by atoms with Crippen molar-refractivity contribution in [1.29, 1.82) is 0 Å². The molecule has 2 rings (SSSR count). The van der Waals surface area contributed by atoms with Crippen molar-refractivity contribution in [2.45, 2.75) is 20.5 Å². The first-order valence-corrected chi connectivity index (χ1v) is 7.08. The zero-order chi connectivity index (χ0) is 14.5. The van der Waals surface area contributed by atoms with Crippen molar-refractivity contribution in [2.24, 2.45) is 0 Å². The molecule has 1 N–H and O–H groups in total. The number of amides is 1. The first-order valence-electron chi connectivity index (χ1n) is 6.29. The van der Waals surface area contributed by atoms with Crippen LogP contribution in [0.3, 0.4) is 0 Å². The molecular weight excluding hydrogens is 318 g/mol. The van der Waals surface area contributed by atoms with Gasteiger partial charge in [0.15, 0.2) is 0 Å². The lowest BCUT2D eigenvalue weighted by Gasteiger charge is -2.12. The number of aryl methyl sites for hydroxylation is 2. The first kappa shape index (κ1) is 14.6. The fourth-order valence-electron chi connectivity index (χ4n) is 2.04. The number of hydrogen-bond donors (Lipinski definition) is 1. The number of nitrogens with one attached hydrogen (secondary N) is 1. The van der Waals surface area contributed by atoms with E-state index in [1.165, 1.54) is 0 Å². The molecule has 0 saturated heterocycles. The average Bonchev–Trinajstić information content (AvgIpc) is 2.42. The van der Waals surface area contributed by atoms with Crippen LogP contribution in [0.4, 0.5) is 5.69 Å². The fraction of sp³-hybridized carbons (Fsp3) is 0.188. The van der Waals surface area contributed by atoms with Crippen molar-refractivity contribution >= 4 is 28.0 Å². The summed E-state index contributed by atoms with van der Waals surface area (Å²) in [7, 11) is 0. The third-order valence-electron chi connectivity index (χ3n) is 3.03. The summed E-state index contributed by atoms with van der Waals surface area (Å²) in [4.78, 5) is 10.6. The van der Waals surface area contributed by atoms with Crippen LogP contribution in [0, 0.1) is 13.8 Å². The van der Waals surface area contributed by atoms with Gasteiger partial charge < -0.3 is 10.1 Å². The lowest BCUT2D eigenvalue weighted by atomic mass is 10.1. The Bertz CT molecular complexity index is 585. The van der Waals surface area contributed by atoms with Crippen LogP contribution in [-0.2, 0) is 11.4 Å². The molecule has 0 aliphatic carbocycles. The van der Waals surface area contributed by atoms with E-state index in [1.807, 2.05) is 50.2 Å². The van der Waals surface area contributed by atoms with Gasteiger partial charge in [-0.2, -0.15) is 0 Å². The molecule has 0 aromatic heterocycles. The lowest BCUT2D eigenvalue weighted by Crippen LogP contribution is -2.01. The Morgan fingerprint density at radius 1 is 1.15 bits per heavy atom. The van der Waals surface area contributed by atoms with Crippen molar-refractivity contribution < 1.29 is 9.53 Å². The Morgan fingerprint density at radius 2 is 1.75 bits per heavy atom. The highest BCUT2D eigenvalue weighted by Crippen LogP contribution is 2.26. The van der Waals surface area contributed by atoms with Gasteiger partial charge >= 0.3 is 0 Å². The van der Waals surface area contributed by atoms with Gasteiger partial charge in [-0.25, -0.2) is 0 Å². The maximum absolute atomic E-state index is 10.6. The Labute approximate surface area is 127 Å². The van der Waals surface area contributed by atoms with Crippen LogP contribution >= 0.6 is 15.9 Å². The van der Waals surface area contributed by atoms with Crippen LogP contribution in [-0.4, -0.2) is 6.41 Å². The fourth-order valence-corrected chi connectivity index (χ4v) is 2.31. The van der Waals surface area contributed by atoms with Crippen molar-refractivity contribution in [1.82, 2.24) is 0 Å². The second-order valence-corrected chi connectivity index (χ2v) is 5.53. The van der Waals surface area contributed by atoms with Crippen LogP contribution in [0.2, 0.25) is 0 Å². The van der Waals surface area contributed by atoms with Crippen LogP contribution in [0.15, 0.2) is 40.9 Å². The summed E-state index contributed by atoms with van der Waals surface area (Å²) in [5.74, 6) is 0.805. The highest BCUT2D eigenvalue weighted by atomic mass is 79.9. The number of carbonyl (C=O) groups excluding carboxylic acids is 1. The summed E-state index contributed by atoms with van der Waals surface area (Å²) >= 11 is 3.41. The van der Waals surface area contributed by atoms with Gasteiger partial charge in [-0.1, -0.05) is 28.1 Å². The van der Waals surface area contributed by atoms with Crippen molar-refractivity contribution in [3.63, 3.8) is 0 Å². The molecule has 0 atom stereocenters. The summed E-state index contributed by atoms with van der Waals surface area (Å²) in [5, 5.41) is 2.71. The molecule has 0 aliphatic heterocycles. The van der Waals surface area contributed by atoms with Gasteiger partial charge in [-0.15, -0.1) is 0 Å². The Hall–Kier alpha value is -1.81. The van der Waals surface area contributed by atoms with Gasteiger partial charge in [-0.3, -0.25) is 4.79 Å². The second-order valence-electron chi connectivity index (χ2n) is 4.61.